The van der Waals surface area contributed by atoms with Crippen LogP contribution in [0.15, 0.2) is 24.0 Å². The molecule has 1 aromatic rings. The van der Waals surface area contributed by atoms with Gasteiger partial charge in [0, 0.05) is 0 Å². The molecule has 0 aliphatic rings. The lowest BCUT2D eigenvalue weighted by Gasteiger charge is -2.01. The molecule has 0 aromatic heterocycles. The first-order chi connectivity index (χ1) is 7.04. The third-order valence-corrected chi connectivity index (χ3v) is 2.00. The molecule has 0 aliphatic heterocycles. The van der Waals surface area contributed by atoms with Crippen LogP contribution in [0.1, 0.15) is 5.56 Å². The Bertz CT molecular complexity index is 412. The summed E-state index contributed by atoms with van der Waals surface area (Å²) in [7, 11) is 1.27. The minimum atomic E-state index is -1.17. The summed E-state index contributed by atoms with van der Waals surface area (Å²) in [6.45, 7) is 0. The van der Waals surface area contributed by atoms with Crippen molar-refractivity contribution >= 4 is 23.6 Å². The van der Waals surface area contributed by atoms with E-state index in [-0.39, 0.29) is 16.5 Å². The highest BCUT2D eigenvalue weighted by molar-refractivity contribution is 6.32. The van der Waals surface area contributed by atoms with Gasteiger partial charge in [0.15, 0.2) is 0 Å². The lowest BCUT2D eigenvalue weighted by molar-refractivity contribution is -0.135. The summed E-state index contributed by atoms with van der Waals surface area (Å²) in [6.07, 6.45) is 1.31. The van der Waals surface area contributed by atoms with Crippen LogP contribution in [0.4, 0.5) is 0 Å². The van der Waals surface area contributed by atoms with Gasteiger partial charge in [-0.25, -0.2) is 4.79 Å². The zero-order valence-corrected chi connectivity index (χ0v) is 8.65. The Morgan fingerprint density at radius 3 is 2.67 bits per heavy atom. The zero-order valence-electron chi connectivity index (χ0n) is 7.90. The normalized spacial score (nSPS) is 11.2. The maximum absolute atomic E-state index is 10.6. The summed E-state index contributed by atoms with van der Waals surface area (Å²) in [5.41, 5.74) is 0.539. The van der Waals surface area contributed by atoms with Gasteiger partial charge in [0.2, 0.25) is 5.76 Å². The number of aromatic hydroxyl groups is 1. The van der Waals surface area contributed by atoms with Crippen LogP contribution in [0, 0.1) is 0 Å². The van der Waals surface area contributed by atoms with Crippen molar-refractivity contribution < 1.29 is 19.7 Å². The number of carbonyl (C=O) groups is 1. The van der Waals surface area contributed by atoms with Crippen molar-refractivity contribution in [2.75, 3.05) is 7.11 Å². The molecule has 2 N–H and O–H groups in total. The van der Waals surface area contributed by atoms with Crippen molar-refractivity contribution in [3.05, 3.63) is 34.5 Å². The number of hydrogen-bond donors (Lipinski definition) is 2. The first kappa shape index (κ1) is 11.4. The second-order valence-corrected chi connectivity index (χ2v) is 3.14. The number of carboxylic acid groups (broad SMARTS) is 1. The molecule has 0 radical (unpaired) electrons. The summed E-state index contributed by atoms with van der Waals surface area (Å²) in [5, 5.41) is 18.0. The van der Waals surface area contributed by atoms with Gasteiger partial charge >= 0.3 is 5.97 Å². The molecule has 0 unspecified atom stereocenters. The number of aliphatic carboxylic acids is 1. The minimum Gasteiger partial charge on any atom is -0.506 e. The maximum Gasteiger partial charge on any atom is 0.371 e. The lowest BCUT2D eigenvalue weighted by Crippen LogP contribution is -2.01. The van der Waals surface area contributed by atoms with Crippen LogP contribution < -0.4 is 0 Å². The molecule has 0 heterocycles. The molecule has 15 heavy (non-hydrogen) atoms. The van der Waals surface area contributed by atoms with Gasteiger partial charge in [0.1, 0.15) is 5.75 Å². The third-order valence-electron chi connectivity index (χ3n) is 1.70. The zero-order chi connectivity index (χ0) is 11.4. The predicted octanol–water partition coefficient (Wildman–Crippen LogP) is 2.12. The van der Waals surface area contributed by atoms with E-state index in [1.807, 2.05) is 0 Å². The molecule has 0 aliphatic carbocycles. The fraction of sp³-hybridized carbons (Fsp3) is 0.100. The number of phenolic OH excluding ortho intramolecular Hbond substituents is 1. The molecule has 4 nitrogen and oxygen atoms in total. The molecule has 0 saturated carbocycles. The number of methoxy groups -OCH3 is 1. The van der Waals surface area contributed by atoms with Crippen molar-refractivity contribution in [3.63, 3.8) is 0 Å². The molecule has 1 aromatic carbocycles. The number of benzene rings is 1. The highest BCUT2D eigenvalue weighted by Crippen LogP contribution is 2.24. The van der Waals surface area contributed by atoms with Crippen molar-refractivity contribution in [2.24, 2.45) is 0 Å². The Balaban J connectivity index is 3.07. The van der Waals surface area contributed by atoms with Gasteiger partial charge in [-0.2, -0.15) is 0 Å². The van der Waals surface area contributed by atoms with Crippen LogP contribution in [0.25, 0.3) is 6.08 Å². The van der Waals surface area contributed by atoms with E-state index in [0.717, 1.165) is 0 Å². The van der Waals surface area contributed by atoms with Gasteiger partial charge in [-0.05, 0) is 23.8 Å². The topological polar surface area (TPSA) is 66.8 Å². The molecule has 80 valence electrons. The van der Waals surface area contributed by atoms with Crippen LogP contribution in [0.2, 0.25) is 5.02 Å². The van der Waals surface area contributed by atoms with E-state index >= 15 is 0 Å². The molecule has 0 saturated heterocycles. The van der Waals surface area contributed by atoms with E-state index in [4.69, 9.17) is 21.8 Å². The second kappa shape index (κ2) is 4.70. The Morgan fingerprint density at radius 1 is 1.53 bits per heavy atom. The number of ether oxygens (including phenoxy) is 1. The van der Waals surface area contributed by atoms with Gasteiger partial charge in [-0.3, -0.25) is 0 Å². The molecule has 1 rings (SSSR count). The number of hydrogen-bond acceptors (Lipinski definition) is 3. The monoisotopic (exact) mass is 228 g/mol. The summed E-state index contributed by atoms with van der Waals surface area (Å²) in [4.78, 5) is 10.6. The maximum atomic E-state index is 10.6. The number of carboxylic acids is 1. The molecule has 0 fully saturated rings. The molecule has 0 amide bonds. The number of rotatable bonds is 3. The average molecular weight is 229 g/mol. The van der Waals surface area contributed by atoms with E-state index in [0.29, 0.717) is 5.56 Å². The highest BCUT2D eigenvalue weighted by Gasteiger charge is 2.07. The van der Waals surface area contributed by atoms with E-state index in [1.165, 1.54) is 31.4 Å². The lowest BCUT2D eigenvalue weighted by atomic mass is 10.2. The van der Waals surface area contributed by atoms with Gasteiger partial charge in [-0.15, -0.1) is 0 Å². The number of halogens is 1. The van der Waals surface area contributed by atoms with Crippen LogP contribution in [0.3, 0.4) is 0 Å². The van der Waals surface area contributed by atoms with Gasteiger partial charge < -0.3 is 14.9 Å². The van der Waals surface area contributed by atoms with Crippen molar-refractivity contribution in [3.8, 4) is 5.75 Å². The van der Waals surface area contributed by atoms with Gasteiger partial charge in [-0.1, -0.05) is 17.7 Å². The first-order valence-electron chi connectivity index (χ1n) is 4.02. The largest absolute Gasteiger partial charge is 0.506 e. The van der Waals surface area contributed by atoms with Gasteiger partial charge in [0.05, 0.1) is 12.1 Å². The quantitative estimate of drug-likeness (QED) is 0.614. The molecular formula is C10H9ClO4. The Hall–Kier alpha value is -1.68. The van der Waals surface area contributed by atoms with Crippen molar-refractivity contribution in [2.45, 2.75) is 0 Å². The fourth-order valence-electron chi connectivity index (χ4n) is 0.972. The van der Waals surface area contributed by atoms with Crippen LogP contribution in [-0.2, 0) is 9.53 Å². The molecule has 0 spiro atoms. The molecule has 5 heteroatoms. The summed E-state index contributed by atoms with van der Waals surface area (Å²) in [5.74, 6) is -1.42. The fourth-order valence-corrected chi connectivity index (χ4v) is 1.16. The minimum absolute atomic E-state index is 0.0527. The van der Waals surface area contributed by atoms with Crippen molar-refractivity contribution in [1.82, 2.24) is 0 Å². The summed E-state index contributed by atoms with van der Waals surface area (Å²) in [6, 6.07) is 4.35. The van der Waals surface area contributed by atoms with Crippen LogP contribution >= 0.6 is 11.6 Å². The molecule has 0 bridgehead atoms. The van der Waals surface area contributed by atoms with E-state index in [9.17, 15) is 4.79 Å². The SMILES string of the molecule is CO/C(=C\c1ccc(O)c(Cl)c1)C(=O)O. The molecular weight excluding hydrogens is 220 g/mol. The summed E-state index contributed by atoms with van der Waals surface area (Å²) >= 11 is 5.65. The molecule has 0 atom stereocenters. The van der Waals surface area contributed by atoms with Crippen LogP contribution in [0.5, 0.6) is 5.75 Å². The number of phenols is 1. The Labute approximate surface area is 91.4 Å². The van der Waals surface area contributed by atoms with Gasteiger partial charge in [0.25, 0.3) is 0 Å². The Kier molecular flexibility index (Phi) is 3.57. The van der Waals surface area contributed by atoms with E-state index in [2.05, 4.69) is 4.74 Å². The van der Waals surface area contributed by atoms with Crippen molar-refractivity contribution in [1.29, 1.82) is 0 Å². The predicted molar refractivity (Wildman–Crippen MR) is 55.7 cm³/mol. The van der Waals surface area contributed by atoms with E-state index in [1.54, 1.807) is 0 Å². The summed E-state index contributed by atoms with van der Waals surface area (Å²) < 4.78 is 4.64. The second-order valence-electron chi connectivity index (χ2n) is 2.73. The highest BCUT2D eigenvalue weighted by atomic mass is 35.5. The third kappa shape index (κ3) is 2.89. The van der Waals surface area contributed by atoms with E-state index < -0.39 is 5.97 Å². The average Bonchev–Trinajstić information content (AvgIpc) is 2.19. The Morgan fingerprint density at radius 2 is 2.20 bits per heavy atom. The first-order valence-corrected chi connectivity index (χ1v) is 4.40. The smallest absolute Gasteiger partial charge is 0.371 e. The standard InChI is InChI=1S/C10H9ClO4/c1-15-9(10(13)14)5-6-2-3-8(12)7(11)4-6/h2-5,12H,1H3,(H,13,14)/b9-5-. The van der Waals surface area contributed by atoms with Crippen LogP contribution in [-0.4, -0.2) is 23.3 Å².